The van der Waals surface area contributed by atoms with E-state index >= 15 is 0 Å². The molecular formula is C9H16ClN3S. The van der Waals surface area contributed by atoms with E-state index in [-0.39, 0.29) is 0 Å². The summed E-state index contributed by atoms with van der Waals surface area (Å²) >= 11 is 7.30. The van der Waals surface area contributed by atoms with Crippen molar-refractivity contribution in [2.45, 2.75) is 13.5 Å². The van der Waals surface area contributed by atoms with Gasteiger partial charge in [-0.25, -0.2) is 4.98 Å². The molecule has 0 unspecified atom stereocenters. The van der Waals surface area contributed by atoms with Crippen molar-refractivity contribution in [3.05, 3.63) is 15.5 Å². The molecule has 0 saturated heterocycles. The fourth-order valence-electron chi connectivity index (χ4n) is 0.993. The molecule has 1 rings (SSSR count). The number of halogens is 1. The van der Waals surface area contributed by atoms with Crippen molar-refractivity contribution in [1.29, 1.82) is 0 Å². The van der Waals surface area contributed by atoms with Gasteiger partial charge in [-0.2, -0.15) is 0 Å². The zero-order valence-electron chi connectivity index (χ0n) is 8.59. The molecule has 80 valence electrons. The number of thiazole rings is 1. The van der Waals surface area contributed by atoms with Crippen LogP contribution < -0.4 is 5.32 Å². The minimum absolute atomic E-state index is 0.757. The second kappa shape index (κ2) is 6.35. The first-order valence-electron chi connectivity index (χ1n) is 4.72. The maximum atomic E-state index is 5.77. The van der Waals surface area contributed by atoms with Crippen molar-refractivity contribution in [2.75, 3.05) is 26.7 Å². The average Bonchev–Trinajstić information content (AvgIpc) is 2.58. The molecule has 0 aliphatic heterocycles. The molecule has 0 aliphatic rings. The zero-order chi connectivity index (χ0) is 10.4. The Hall–Kier alpha value is -0.160. The number of likely N-dealkylation sites (N-methyl/N-ethyl adjacent to an activating group) is 1. The lowest BCUT2D eigenvalue weighted by Gasteiger charge is -2.13. The Bertz CT molecular complexity index is 264. The van der Waals surface area contributed by atoms with Crippen LogP contribution in [0.2, 0.25) is 4.34 Å². The van der Waals surface area contributed by atoms with E-state index in [9.17, 15) is 0 Å². The molecule has 14 heavy (non-hydrogen) atoms. The van der Waals surface area contributed by atoms with Crippen LogP contribution in [0.1, 0.15) is 11.9 Å². The predicted molar refractivity (Wildman–Crippen MR) is 62.0 cm³/mol. The van der Waals surface area contributed by atoms with E-state index in [1.165, 1.54) is 11.3 Å². The van der Waals surface area contributed by atoms with E-state index in [0.29, 0.717) is 0 Å². The molecule has 1 heterocycles. The molecule has 0 aromatic carbocycles. The molecule has 5 heteroatoms. The Kier molecular flexibility index (Phi) is 5.40. The quantitative estimate of drug-likeness (QED) is 0.760. The van der Waals surface area contributed by atoms with E-state index in [2.05, 4.69) is 29.2 Å². The smallest absolute Gasteiger partial charge is 0.113 e. The van der Waals surface area contributed by atoms with Gasteiger partial charge in [0.15, 0.2) is 0 Å². The monoisotopic (exact) mass is 233 g/mol. The number of hydrogen-bond donors (Lipinski definition) is 1. The first-order valence-corrected chi connectivity index (χ1v) is 5.91. The van der Waals surface area contributed by atoms with Crippen LogP contribution in [0.4, 0.5) is 0 Å². The summed E-state index contributed by atoms with van der Waals surface area (Å²) in [4.78, 5) is 6.43. The third-order valence-corrected chi connectivity index (χ3v) is 3.13. The molecule has 0 aliphatic carbocycles. The van der Waals surface area contributed by atoms with Gasteiger partial charge in [0, 0.05) is 19.6 Å². The van der Waals surface area contributed by atoms with Crippen molar-refractivity contribution in [3.63, 3.8) is 0 Å². The Morgan fingerprint density at radius 3 is 3.00 bits per heavy atom. The van der Waals surface area contributed by atoms with Crippen LogP contribution in [0.15, 0.2) is 6.20 Å². The fourth-order valence-corrected chi connectivity index (χ4v) is 1.92. The van der Waals surface area contributed by atoms with Gasteiger partial charge in [-0.15, -0.1) is 11.3 Å². The Morgan fingerprint density at radius 2 is 2.43 bits per heavy atom. The second-order valence-corrected chi connectivity index (χ2v) is 4.88. The van der Waals surface area contributed by atoms with Crippen LogP contribution in [-0.2, 0) is 6.54 Å². The standard InChI is InChI=1S/C9H16ClN3S/c1-3-13(2)5-4-11-7-9-12-6-8(10)14-9/h6,11H,3-5,7H2,1-2H3. The average molecular weight is 234 g/mol. The molecule has 0 atom stereocenters. The van der Waals surface area contributed by atoms with Crippen molar-refractivity contribution in [2.24, 2.45) is 0 Å². The van der Waals surface area contributed by atoms with Crippen LogP contribution in [0.5, 0.6) is 0 Å². The first kappa shape index (κ1) is 11.9. The Balaban J connectivity index is 2.10. The van der Waals surface area contributed by atoms with Crippen molar-refractivity contribution in [1.82, 2.24) is 15.2 Å². The summed E-state index contributed by atoms with van der Waals surface area (Å²) < 4.78 is 0.757. The molecule has 0 fully saturated rings. The first-order chi connectivity index (χ1) is 6.72. The number of nitrogens with one attached hydrogen (secondary N) is 1. The van der Waals surface area contributed by atoms with Gasteiger partial charge in [0.25, 0.3) is 0 Å². The maximum absolute atomic E-state index is 5.77. The van der Waals surface area contributed by atoms with Crippen molar-refractivity contribution in [3.8, 4) is 0 Å². The number of hydrogen-bond acceptors (Lipinski definition) is 4. The summed E-state index contributed by atoms with van der Waals surface area (Å²) in [5.41, 5.74) is 0. The highest BCUT2D eigenvalue weighted by Crippen LogP contribution is 2.17. The van der Waals surface area contributed by atoms with Gasteiger partial charge in [0.2, 0.25) is 0 Å². The lowest BCUT2D eigenvalue weighted by molar-refractivity contribution is 0.349. The van der Waals surface area contributed by atoms with Crippen LogP contribution in [0.3, 0.4) is 0 Å². The summed E-state index contributed by atoms with van der Waals surface area (Å²) in [6, 6.07) is 0. The molecule has 0 spiro atoms. The van der Waals surface area contributed by atoms with Gasteiger partial charge in [-0.1, -0.05) is 18.5 Å². The van der Waals surface area contributed by atoms with Crippen molar-refractivity contribution >= 4 is 22.9 Å². The molecule has 1 aromatic rings. The summed E-state index contributed by atoms with van der Waals surface area (Å²) in [5.74, 6) is 0. The van der Waals surface area contributed by atoms with E-state index < -0.39 is 0 Å². The minimum atomic E-state index is 0.757. The number of aromatic nitrogens is 1. The van der Waals surface area contributed by atoms with Gasteiger partial charge >= 0.3 is 0 Å². The maximum Gasteiger partial charge on any atom is 0.113 e. The largest absolute Gasteiger partial charge is 0.309 e. The SMILES string of the molecule is CCN(C)CCNCc1ncc(Cl)s1. The molecular weight excluding hydrogens is 218 g/mol. The van der Waals surface area contributed by atoms with Crippen LogP contribution >= 0.6 is 22.9 Å². The molecule has 0 bridgehead atoms. The fraction of sp³-hybridized carbons (Fsp3) is 0.667. The predicted octanol–water partition coefficient (Wildman–Crippen LogP) is 1.84. The highest BCUT2D eigenvalue weighted by atomic mass is 35.5. The van der Waals surface area contributed by atoms with E-state index in [1.54, 1.807) is 6.20 Å². The van der Waals surface area contributed by atoms with Gasteiger partial charge < -0.3 is 10.2 Å². The van der Waals surface area contributed by atoms with Crippen LogP contribution in [-0.4, -0.2) is 36.6 Å². The van der Waals surface area contributed by atoms with Gasteiger partial charge in [-0.3, -0.25) is 0 Å². The second-order valence-electron chi connectivity index (χ2n) is 3.13. The normalized spacial score (nSPS) is 11.1. The molecule has 1 N–H and O–H groups in total. The number of rotatable bonds is 6. The van der Waals surface area contributed by atoms with Gasteiger partial charge in [0.1, 0.15) is 9.34 Å². The number of nitrogens with zero attached hydrogens (tertiary/aromatic N) is 2. The van der Waals surface area contributed by atoms with Crippen LogP contribution in [0, 0.1) is 0 Å². The zero-order valence-corrected chi connectivity index (χ0v) is 10.2. The highest BCUT2D eigenvalue weighted by Gasteiger charge is 1.99. The molecule has 0 saturated carbocycles. The lowest BCUT2D eigenvalue weighted by atomic mass is 10.5. The lowest BCUT2D eigenvalue weighted by Crippen LogP contribution is -2.28. The van der Waals surface area contributed by atoms with E-state index in [0.717, 1.165) is 35.5 Å². The third kappa shape index (κ3) is 4.37. The van der Waals surface area contributed by atoms with Crippen LogP contribution in [0.25, 0.3) is 0 Å². The molecule has 3 nitrogen and oxygen atoms in total. The van der Waals surface area contributed by atoms with Gasteiger partial charge in [0.05, 0.1) is 6.20 Å². The topological polar surface area (TPSA) is 28.2 Å². The van der Waals surface area contributed by atoms with Crippen molar-refractivity contribution < 1.29 is 0 Å². The Labute approximate surface area is 94.1 Å². The molecule has 0 amide bonds. The summed E-state index contributed by atoms with van der Waals surface area (Å²) in [6.07, 6.45) is 1.70. The highest BCUT2D eigenvalue weighted by molar-refractivity contribution is 7.15. The third-order valence-electron chi connectivity index (χ3n) is 2.01. The summed E-state index contributed by atoms with van der Waals surface area (Å²) in [5, 5.41) is 4.38. The Morgan fingerprint density at radius 1 is 1.64 bits per heavy atom. The summed E-state index contributed by atoms with van der Waals surface area (Å²) in [6.45, 7) is 6.11. The molecule has 1 aromatic heterocycles. The van der Waals surface area contributed by atoms with Gasteiger partial charge in [-0.05, 0) is 13.6 Å². The molecule has 0 radical (unpaired) electrons. The minimum Gasteiger partial charge on any atom is -0.309 e. The summed E-state index contributed by atoms with van der Waals surface area (Å²) in [7, 11) is 2.11. The van der Waals surface area contributed by atoms with E-state index in [4.69, 9.17) is 11.6 Å². The van der Waals surface area contributed by atoms with E-state index in [1.807, 2.05) is 0 Å².